The van der Waals surface area contributed by atoms with Crippen molar-refractivity contribution in [2.24, 2.45) is 0 Å². The zero-order chi connectivity index (χ0) is 9.78. The van der Waals surface area contributed by atoms with E-state index in [1.54, 1.807) is 0 Å². The Kier molecular flexibility index (Phi) is 11.8. The van der Waals surface area contributed by atoms with Gasteiger partial charge in [0.25, 0.3) is 0 Å². The lowest BCUT2D eigenvalue weighted by atomic mass is 10.4. The van der Waals surface area contributed by atoms with Crippen LogP contribution in [-0.2, 0) is 14.2 Å². The number of hydrogen-bond acceptors (Lipinski definition) is 3. The van der Waals surface area contributed by atoms with E-state index in [1.807, 2.05) is 0 Å². The van der Waals surface area contributed by atoms with Crippen LogP contribution < -0.4 is 0 Å². The van der Waals surface area contributed by atoms with Crippen molar-refractivity contribution in [1.82, 2.24) is 0 Å². The summed E-state index contributed by atoms with van der Waals surface area (Å²) < 4.78 is 15.6. The normalized spacial score (nSPS) is 10.6. The van der Waals surface area contributed by atoms with E-state index in [1.165, 1.54) is 6.42 Å². The van der Waals surface area contributed by atoms with Gasteiger partial charge in [0.1, 0.15) is 6.79 Å². The molecule has 0 heterocycles. The predicted octanol–water partition coefficient (Wildman–Crippen LogP) is 2.20. The Morgan fingerprint density at radius 2 is 1.38 bits per heavy atom. The average Bonchev–Trinajstić information content (AvgIpc) is 2.16. The molecule has 3 nitrogen and oxygen atoms in total. The molecule has 0 aromatic heterocycles. The monoisotopic (exact) mass is 190 g/mol. The fourth-order valence-corrected chi connectivity index (χ4v) is 0.787. The molecule has 0 aliphatic carbocycles. The first-order valence-electron chi connectivity index (χ1n) is 5.15. The summed E-state index contributed by atoms with van der Waals surface area (Å²) >= 11 is 0. The molecule has 0 amide bonds. The van der Waals surface area contributed by atoms with E-state index in [9.17, 15) is 0 Å². The number of hydrogen-bond donors (Lipinski definition) is 0. The van der Waals surface area contributed by atoms with Crippen LogP contribution in [0, 0.1) is 0 Å². The summed E-state index contributed by atoms with van der Waals surface area (Å²) in [6.07, 6.45) is 3.34. The van der Waals surface area contributed by atoms with E-state index in [0.717, 1.165) is 26.1 Å². The summed E-state index contributed by atoms with van der Waals surface area (Å²) in [6.45, 7) is 7.55. The van der Waals surface area contributed by atoms with Crippen LogP contribution in [0.1, 0.15) is 33.1 Å². The van der Waals surface area contributed by atoms with Gasteiger partial charge in [-0.15, -0.1) is 0 Å². The van der Waals surface area contributed by atoms with E-state index in [4.69, 9.17) is 14.2 Å². The van der Waals surface area contributed by atoms with Gasteiger partial charge in [-0.3, -0.25) is 0 Å². The molecule has 0 aliphatic heterocycles. The second kappa shape index (κ2) is 11.9. The Morgan fingerprint density at radius 1 is 0.692 bits per heavy atom. The van der Waals surface area contributed by atoms with E-state index >= 15 is 0 Å². The van der Waals surface area contributed by atoms with E-state index < -0.39 is 0 Å². The maximum Gasteiger partial charge on any atom is 0.146 e. The third kappa shape index (κ3) is 11.9. The van der Waals surface area contributed by atoms with Gasteiger partial charge in [-0.1, -0.05) is 20.3 Å². The van der Waals surface area contributed by atoms with Crippen LogP contribution in [0.5, 0.6) is 0 Å². The van der Waals surface area contributed by atoms with Gasteiger partial charge in [-0.2, -0.15) is 0 Å². The molecule has 0 saturated heterocycles. The molecule has 0 aromatic rings. The van der Waals surface area contributed by atoms with Crippen molar-refractivity contribution in [3.63, 3.8) is 0 Å². The molecule has 0 saturated carbocycles. The largest absolute Gasteiger partial charge is 0.379 e. The molecule has 0 aromatic carbocycles. The quantitative estimate of drug-likeness (QED) is 0.390. The van der Waals surface area contributed by atoms with Gasteiger partial charge in [0.15, 0.2) is 0 Å². The van der Waals surface area contributed by atoms with Crippen molar-refractivity contribution >= 4 is 0 Å². The Labute approximate surface area is 81.4 Å². The molecule has 13 heavy (non-hydrogen) atoms. The van der Waals surface area contributed by atoms with Crippen molar-refractivity contribution in [3.05, 3.63) is 0 Å². The highest BCUT2D eigenvalue weighted by Crippen LogP contribution is 1.88. The SMILES string of the molecule is CCCCOCOCCOCCC. The van der Waals surface area contributed by atoms with Gasteiger partial charge in [-0.05, 0) is 12.8 Å². The van der Waals surface area contributed by atoms with Crippen LogP contribution >= 0.6 is 0 Å². The molecule has 0 fully saturated rings. The highest BCUT2D eigenvalue weighted by Gasteiger charge is 1.89. The summed E-state index contributed by atoms with van der Waals surface area (Å²) in [6, 6.07) is 0. The average molecular weight is 190 g/mol. The fraction of sp³-hybridized carbons (Fsp3) is 1.00. The molecular weight excluding hydrogens is 168 g/mol. The van der Waals surface area contributed by atoms with Crippen molar-refractivity contribution in [3.8, 4) is 0 Å². The second-order valence-electron chi connectivity index (χ2n) is 2.90. The fourth-order valence-electron chi connectivity index (χ4n) is 0.787. The Balaban J connectivity index is 2.76. The van der Waals surface area contributed by atoms with Crippen molar-refractivity contribution in [2.75, 3.05) is 33.2 Å². The Hall–Kier alpha value is -0.120. The van der Waals surface area contributed by atoms with Gasteiger partial charge in [0, 0.05) is 13.2 Å². The molecule has 0 rings (SSSR count). The van der Waals surface area contributed by atoms with Crippen LogP contribution in [0.15, 0.2) is 0 Å². The maximum absolute atomic E-state index is 5.23. The zero-order valence-corrected chi connectivity index (χ0v) is 8.88. The molecule has 0 spiro atoms. The minimum absolute atomic E-state index is 0.398. The van der Waals surface area contributed by atoms with E-state index in [2.05, 4.69) is 13.8 Å². The highest BCUT2D eigenvalue weighted by molar-refractivity contribution is 4.30. The van der Waals surface area contributed by atoms with Gasteiger partial charge in [-0.25, -0.2) is 0 Å². The summed E-state index contributed by atoms with van der Waals surface area (Å²) in [4.78, 5) is 0. The Bertz CT molecular complexity index is 76.2. The molecule has 3 heteroatoms. The number of rotatable bonds is 10. The van der Waals surface area contributed by atoms with Crippen LogP contribution in [-0.4, -0.2) is 33.2 Å². The van der Waals surface area contributed by atoms with Crippen molar-refractivity contribution in [2.45, 2.75) is 33.1 Å². The second-order valence-corrected chi connectivity index (χ2v) is 2.90. The highest BCUT2D eigenvalue weighted by atomic mass is 16.7. The van der Waals surface area contributed by atoms with Crippen molar-refractivity contribution < 1.29 is 14.2 Å². The van der Waals surface area contributed by atoms with Crippen LogP contribution in [0.3, 0.4) is 0 Å². The molecule has 80 valence electrons. The van der Waals surface area contributed by atoms with Gasteiger partial charge in [0.05, 0.1) is 13.2 Å². The smallest absolute Gasteiger partial charge is 0.146 e. The lowest BCUT2D eigenvalue weighted by Gasteiger charge is -2.05. The molecule has 0 aliphatic rings. The molecule has 0 N–H and O–H groups in total. The van der Waals surface area contributed by atoms with Crippen LogP contribution in [0.25, 0.3) is 0 Å². The van der Waals surface area contributed by atoms with E-state index in [-0.39, 0.29) is 0 Å². The van der Waals surface area contributed by atoms with Gasteiger partial charge < -0.3 is 14.2 Å². The van der Waals surface area contributed by atoms with Crippen molar-refractivity contribution in [1.29, 1.82) is 0 Å². The third-order valence-corrected chi connectivity index (χ3v) is 1.53. The number of ether oxygens (including phenoxy) is 3. The van der Waals surface area contributed by atoms with Gasteiger partial charge in [0.2, 0.25) is 0 Å². The van der Waals surface area contributed by atoms with Crippen LogP contribution in [0.4, 0.5) is 0 Å². The minimum atomic E-state index is 0.398. The topological polar surface area (TPSA) is 27.7 Å². The summed E-state index contributed by atoms with van der Waals surface area (Å²) in [7, 11) is 0. The molecule has 0 bridgehead atoms. The molecule has 0 unspecified atom stereocenters. The zero-order valence-electron chi connectivity index (χ0n) is 8.88. The first-order valence-corrected chi connectivity index (χ1v) is 5.15. The number of unbranched alkanes of at least 4 members (excludes halogenated alkanes) is 1. The predicted molar refractivity (Wildman–Crippen MR) is 52.8 cm³/mol. The summed E-state index contributed by atoms with van der Waals surface area (Å²) in [5.74, 6) is 0. The lowest BCUT2D eigenvalue weighted by Crippen LogP contribution is -2.08. The van der Waals surface area contributed by atoms with Crippen LogP contribution in [0.2, 0.25) is 0 Å². The standard InChI is InChI=1S/C10H22O3/c1-3-5-7-12-10-13-9-8-11-6-4-2/h3-10H2,1-2H3. The van der Waals surface area contributed by atoms with E-state index in [0.29, 0.717) is 20.0 Å². The molecular formula is C10H22O3. The summed E-state index contributed by atoms with van der Waals surface area (Å²) in [5, 5.41) is 0. The molecule has 0 radical (unpaired) electrons. The maximum atomic E-state index is 5.23. The third-order valence-electron chi connectivity index (χ3n) is 1.53. The minimum Gasteiger partial charge on any atom is -0.379 e. The lowest BCUT2D eigenvalue weighted by molar-refractivity contribution is -0.0697. The molecule has 0 atom stereocenters. The first kappa shape index (κ1) is 12.9. The first-order chi connectivity index (χ1) is 6.41. The Morgan fingerprint density at radius 3 is 2.08 bits per heavy atom. The van der Waals surface area contributed by atoms with Gasteiger partial charge >= 0.3 is 0 Å². The summed E-state index contributed by atoms with van der Waals surface area (Å²) in [5.41, 5.74) is 0.